The summed E-state index contributed by atoms with van der Waals surface area (Å²) in [7, 11) is 0. The fraction of sp³-hybridized carbons (Fsp3) is 0.0769. The van der Waals surface area contributed by atoms with Crippen LogP contribution in [0.2, 0.25) is 0 Å². The van der Waals surface area contributed by atoms with Crippen LogP contribution in [0.4, 0.5) is 0 Å². The lowest BCUT2D eigenvalue weighted by molar-refractivity contribution is 0.432. The molecule has 0 atom stereocenters. The molecule has 0 radical (unpaired) electrons. The largest absolute Gasteiger partial charge is 0.334 e. The van der Waals surface area contributed by atoms with Gasteiger partial charge in [-0.3, -0.25) is 0 Å². The monoisotopic (exact) mass is 335 g/mol. The Morgan fingerprint density at radius 2 is 2.05 bits per heavy atom. The molecule has 0 aliphatic heterocycles. The highest BCUT2D eigenvalue weighted by Crippen LogP contribution is 2.29. The van der Waals surface area contributed by atoms with Crippen LogP contribution >= 0.6 is 27.3 Å². The zero-order valence-electron chi connectivity index (χ0n) is 9.84. The highest BCUT2D eigenvalue weighted by molar-refractivity contribution is 9.10. The summed E-state index contributed by atoms with van der Waals surface area (Å²) in [4.78, 5) is 5.37. The average Bonchev–Trinajstić information content (AvgIpc) is 3.07. The number of nitrogens with zero attached hydrogens (tertiary/aromatic N) is 2. The molecule has 2 N–H and O–H groups in total. The first-order valence-corrected chi connectivity index (χ1v) is 7.31. The molecule has 0 unspecified atom stereocenters. The third kappa shape index (κ3) is 2.60. The van der Waals surface area contributed by atoms with Crippen molar-refractivity contribution in [3.8, 4) is 22.2 Å². The number of benzene rings is 1. The van der Waals surface area contributed by atoms with Crippen LogP contribution in [0.3, 0.4) is 0 Å². The van der Waals surface area contributed by atoms with Crippen LogP contribution in [-0.2, 0) is 6.54 Å². The third-order valence-electron chi connectivity index (χ3n) is 2.65. The molecule has 0 aliphatic carbocycles. The van der Waals surface area contributed by atoms with E-state index in [1.807, 2.05) is 35.7 Å². The Kier molecular flexibility index (Phi) is 3.46. The molecule has 0 aliphatic rings. The summed E-state index contributed by atoms with van der Waals surface area (Å²) in [5.41, 5.74) is 7.54. The highest BCUT2D eigenvalue weighted by atomic mass is 79.9. The Hall–Kier alpha value is -1.50. The molecular weight excluding hydrogens is 326 g/mol. The maximum absolute atomic E-state index is 5.57. The number of thiophene rings is 1. The normalized spacial score (nSPS) is 10.8. The van der Waals surface area contributed by atoms with Crippen LogP contribution in [0.25, 0.3) is 22.2 Å². The molecule has 0 saturated heterocycles. The number of aromatic nitrogens is 2. The molecular formula is C13H10BrN3OS. The van der Waals surface area contributed by atoms with Crippen LogP contribution in [0.1, 0.15) is 5.56 Å². The van der Waals surface area contributed by atoms with Crippen molar-refractivity contribution >= 4 is 27.3 Å². The molecule has 2 heterocycles. The lowest BCUT2D eigenvalue weighted by Gasteiger charge is -1.96. The first-order valence-electron chi connectivity index (χ1n) is 5.64. The van der Waals surface area contributed by atoms with Crippen molar-refractivity contribution in [1.29, 1.82) is 0 Å². The topological polar surface area (TPSA) is 64.9 Å². The molecule has 0 amide bonds. The molecule has 19 heavy (non-hydrogen) atoms. The molecule has 0 spiro atoms. The van der Waals surface area contributed by atoms with Crippen molar-refractivity contribution in [2.45, 2.75) is 6.54 Å². The Bertz CT molecular complexity index is 690. The van der Waals surface area contributed by atoms with Crippen molar-refractivity contribution in [3.63, 3.8) is 0 Å². The van der Waals surface area contributed by atoms with E-state index in [4.69, 9.17) is 10.3 Å². The van der Waals surface area contributed by atoms with E-state index >= 15 is 0 Å². The number of halogens is 1. The van der Waals surface area contributed by atoms with Gasteiger partial charge in [-0.2, -0.15) is 4.98 Å². The summed E-state index contributed by atoms with van der Waals surface area (Å²) in [6.45, 7) is 0.526. The van der Waals surface area contributed by atoms with E-state index in [2.05, 4.69) is 26.1 Å². The molecule has 3 aromatic rings. The number of rotatable bonds is 3. The lowest BCUT2D eigenvalue weighted by atomic mass is 10.1. The number of hydrogen-bond donors (Lipinski definition) is 1. The highest BCUT2D eigenvalue weighted by Gasteiger charge is 2.12. The number of hydrogen-bond acceptors (Lipinski definition) is 5. The van der Waals surface area contributed by atoms with Gasteiger partial charge < -0.3 is 10.3 Å². The maximum Gasteiger partial charge on any atom is 0.258 e. The molecule has 2 aromatic heterocycles. The second-order valence-corrected chi connectivity index (χ2v) is 5.78. The molecule has 6 heteroatoms. The SMILES string of the molecule is NCc1ccc(-c2nc(-c3cc(Br)cs3)no2)cc1. The van der Waals surface area contributed by atoms with Crippen molar-refractivity contribution in [3.05, 3.63) is 45.7 Å². The van der Waals surface area contributed by atoms with Crippen molar-refractivity contribution in [2.24, 2.45) is 5.73 Å². The predicted molar refractivity (Wildman–Crippen MR) is 78.6 cm³/mol. The van der Waals surface area contributed by atoms with Gasteiger partial charge in [-0.05, 0) is 39.7 Å². The fourth-order valence-corrected chi connectivity index (χ4v) is 3.01. The van der Waals surface area contributed by atoms with Crippen LogP contribution in [0.15, 0.2) is 44.7 Å². The second-order valence-electron chi connectivity index (χ2n) is 3.95. The van der Waals surface area contributed by atoms with Gasteiger partial charge in [-0.25, -0.2) is 0 Å². The Morgan fingerprint density at radius 1 is 1.26 bits per heavy atom. The van der Waals surface area contributed by atoms with Gasteiger partial charge >= 0.3 is 0 Å². The molecule has 96 valence electrons. The first-order chi connectivity index (χ1) is 9.26. The quantitative estimate of drug-likeness (QED) is 0.792. The van der Waals surface area contributed by atoms with E-state index in [1.165, 1.54) is 0 Å². The van der Waals surface area contributed by atoms with Crippen molar-refractivity contribution in [1.82, 2.24) is 10.1 Å². The van der Waals surface area contributed by atoms with Gasteiger partial charge in [-0.1, -0.05) is 17.3 Å². The lowest BCUT2D eigenvalue weighted by Crippen LogP contribution is -1.95. The van der Waals surface area contributed by atoms with Crippen molar-refractivity contribution < 1.29 is 4.52 Å². The van der Waals surface area contributed by atoms with Gasteiger partial charge in [0.25, 0.3) is 5.89 Å². The summed E-state index contributed by atoms with van der Waals surface area (Å²) in [5, 5.41) is 5.99. The molecule has 0 saturated carbocycles. The van der Waals surface area contributed by atoms with E-state index in [9.17, 15) is 0 Å². The van der Waals surface area contributed by atoms with E-state index in [-0.39, 0.29) is 0 Å². The van der Waals surface area contributed by atoms with E-state index < -0.39 is 0 Å². The average molecular weight is 336 g/mol. The predicted octanol–water partition coefficient (Wildman–Crippen LogP) is 3.69. The van der Waals surface area contributed by atoms with E-state index in [0.29, 0.717) is 18.3 Å². The van der Waals surface area contributed by atoms with E-state index in [1.54, 1.807) is 11.3 Å². The van der Waals surface area contributed by atoms with Gasteiger partial charge in [0, 0.05) is 22.0 Å². The standard InChI is InChI=1S/C13H10BrN3OS/c14-10-5-11(19-7-10)12-16-13(18-17-12)9-3-1-8(6-15)2-4-9/h1-5,7H,6,15H2. The zero-order chi connectivity index (χ0) is 13.2. The summed E-state index contributed by atoms with van der Waals surface area (Å²) in [6.07, 6.45) is 0. The summed E-state index contributed by atoms with van der Waals surface area (Å²) >= 11 is 4.98. The minimum atomic E-state index is 0.517. The van der Waals surface area contributed by atoms with Crippen LogP contribution in [0.5, 0.6) is 0 Å². The summed E-state index contributed by atoms with van der Waals surface area (Å²) in [6, 6.07) is 9.76. The smallest absolute Gasteiger partial charge is 0.258 e. The minimum absolute atomic E-state index is 0.517. The second kappa shape index (κ2) is 5.24. The van der Waals surface area contributed by atoms with E-state index in [0.717, 1.165) is 20.5 Å². The minimum Gasteiger partial charge on any atom is -0.334 e. The molecule has 0 bridgehead atoms. The van der Waals surface area contributed by atoms with Crippen molar-refractivity contribution in [2.75, 3.05) is 0 Å². The fourth-order valence-electron chi connectivity index (χ4n) is 1.65. The van der Waals surface area contributed by atoms with Crippen LogP contribution in [0, 0.1) is 0 Å². The third-order valence-corrected chi connectivity index (χ3v) is 4.34. The van der Waals surface area contributed by atoms with Gasteiger partial charge in [0.1, 0.15) is 0 Å². The number of nitrogens with two attached hydrogens (primary N) is 1. The molecule has 3 rings (SSSR count). The summed E-state index contributed by atoms with van der Waals surface area (Å²) in [5.74, 6) is 1.12. The van der Waals surface area contributed by atoms with Gasteiger partial charge in [0.15, 0.2) is 0 Å². The zero-order valence-corrected chi connectivity index (χ0v) is 12.2. The van der Waals surface area contributed by atoms with Gasteiger partial charge in [-0.15, -0.1) is 11.3 Å². The molecule has 1 aromatic carbocycles. The molecule has 4 nitrogen and oxygen atoms in total. The Labute approximate surface area is 122 Å². The maximum atomic E-state index is 5.57. The van der Waals surface area contributed by atoms with Crippen LogP contribution in [-0.4, -0.2) is 10.1 Å². The Morgan fingerprint density at radius 3 is 2.68 bits per heavy atom. The molecule has 0 fully saturated rings. The van der Waals surface area contributed by atoms with Gasteiger partial charge in [0.2, 0.25) is 5.82 Å². The van der Waals surface area contributed by atoms with Crippen LogP contribution < -0.4 is 5.73 Å². The first kappa shape index (κ1) is 12.5. The Balaban J connectivity index is 1.91. The summed E-state index contributed by atoms with van der Waals surface area (Å²) < 4.78 is 6.31. The van der Waals surface area contributed by atoms with Gasteiger partial charge in [0.05, 0.1) is 4.88 Å².